The van der Waals surface area contributed by atoms with Gasteiger partial charge < -0.3 is 14.8 Å². The number of halogens is 3. The van der Waals surface area contributed by atoms with E-state index in [9.17, 15) is 26.4 Å². The number of anilines is 1. The predicted molar refractivity (Wildman–Crippen MR) is 141 cm³/mol. The van der Waals surface area contributed by atoms with Crippen LogP contribution in [0.25, 0.3) is 11.1 Å². The Morgan fingerprint density at radius 1 is 0.897 bits per heavy atom. The van der Waals surface area contributed by atoms with Crippen molar-refractivity contribution in [1.29, 1.82) is 0 Å². The monoisotopic (exact) mass is 555 g/mol. The summed E-state index contributed by atoms with van der Waals surface area (Å²) in [7, 11) is -3.40. The van der Waals surface area contributed by atoms with Gasteiger partial charge in [0.15, 0.2) is 21.3 Å². The van der Waals surface area contributed by atoms with Gasteiger partial charge in [-0.1, -0.05) is 55.5 Å². The molecule has 0 saturated carbocycles. The van der Waals surface area contributed by atoms with E-state index in [1.54, 1.807) is 36.4 Å². The number of ether oxygens (including phenoxy) is 2. The van der Waals surface area contributed by atoms with Crippen molar-refractivity contribution in [3.8, 4) is 28.4 Å². The standard InChI is InChI=1S/C29H24F3NO5S/c1-2-39(35,36)23-13-11-19(12-14-23)17-26(34)33-25-16-15-24(20-7-4-3-5-8-20)27(28(25)38-29(31)32)37-22-10-6-9-21(30)18-22/h3-16,18,29H,2,17H2,1H3,(H,33,34). The Labute approximate surface area is 223 Å². The molecular weight excluding hydrogens is 531 g/mol. The van der Waals surface area contributed by atoms with Gasteiger partial charge in [-0.05, 0) is 47.5 Å². The molecule has 0 atom stereocenters. The number of sulfone groups is 1. The van der Waals surface area contributed by atoms with Gasteiger partial charge >= 0.3 is 6.61 Å². The van der Waals surface area contributed by atoms with Crippen LogP contribution in [0.2, 0.25) is 0 Å². The van der Waals surface area contributed by atoms with Crippen LogP contribution in [0.4, 0.5) is 18.9 Å². The van der Waals surface area contributed by atoms with Gasteiger partial charge in [-0.15, -0.1) is 0 Å². The first-order chi connectivity index (χ1) is 18.7. The van der Waals surface area contributed by atoms with E-state index >= 15 is 0 Å². The molecule has 0 fully saturated rings. The van der Waals surface area contributed by atoms with Crippen molar-refractivity contribution >= 4 is 21.4 Å². The summed E-state index contributed by atoms with van der Waals surface area (Å²) in [5.41, 5.74) is 1.41. The fourth-order valence-corrected chi connectivity index (χ4v) is 4.71. The third kappa shape index (κ3) is 6.97. The smallest absolute Gasteiger partial charge is 0.387 e. The molecule has 4 aromatic carbocycles. The molecule has 0 heterocycles. The fraction of sp³-hybridized carbons (Fsp3) is 0.138. The molecule has 6 nitrogen and oxygen atoms in total. The van der Waals surface area contributed by atoms with E-state index in [2.05, 4.69) is 5.32 Å². The van der Waals surface area contributed by atoms with Crippen LogP contribution in [0.15, 0.2) is 95.9 Å². The number of alkyl halides is 2. The van der Waals surface area contributed by atoms with Gasteiger partial charge in [0.25, 0.3) is 0 Å². The number of carbonyl (C=O) groups excluding carboxylic acids is 1. The first kappa shape index (κ1) is 27.7. The van der Waals surface area contributed by atoms with Crippen LogP contribution in [0, 0.1) is 5.82 Å². The second-order valence-electron chi connectivity index (χ2n) is 8.40. The van der Waals surface area contributed by atoms with Crippen LogP contribution < -0.4 is 14.8 Å². The van der Waals surface area contributed by atoms with Crippen molar-refractivity contribution in [1.82, 2.24) is 0 Å². The van der Waals surface area contributed by atoms with Crippen molar-refractivity contribution in [3.05, 3.63) is 102 Å². The van der Waals surface area contributed by atoms with E-state index in [1.165, 1.54) is 55.5 Å². The van der Waals surface area contributed by atoms with Crippen LogP contribution in [0.3, 0.4) is 0 Å². The van der Waals surface area contributed by atoms with Gasteiger partial charge in [0, 0.05) is 11.6 Å². The van der Waals surface area contributed by atoms with Gasteiger partial charge in [0.05, 0.1) is 22.8 Å². The van der Waals surface area contributed by atoms with E-state index in [0.717, 1.165) is 6.07 Å². The predicted octanol–water partition coefficient (Wildman–Crippen LogP) is 6.86. The largest absolute Gasteiger partial charge is 0.453 e. The number of carbonyl (C=O) groups is 1. The minimum Gasteiger partial charge on any atom is -0.453 e. The SMILES string of the molecule is CCS(=O)(=O)c1ccc(CC(=O)Nc2ccc(-c3ccccc3)c(Oc3cccc(F)c3)c2OC(F)F)cc1. The average molecular weight is 556 g/mol. The summed E-state index contributed by atoms with van der Waals surface area (Å²) in [6, 6.07) is 22.7. The van der Waals surface area contributed by atoms with Crippen LogP contribution in [-0.2, 0) is 21.1 Å². The molecule has 1 amide bonds. The zero-order chi connectivity index (χ0) is 28.0. The number of hydrogen-bond acceptors (Lipinski definition) is 5. The maximum atomic E-state index is 13.9. The Kier molecular flexibility index (Phi) is 8.55. The molecule has 0 aliphatic rings. The van der Waals surface area contributed by atoms with Crippen LogP contribution in [-0.4, -0.2) is 26.7 Å². The Hall–Kier alpha value is -4.31. The van der Waals surface area contributed by atoms with E-state index in [1.807, 2.05) is 0 Å². The Morgan fingerprint density at radius 2 is 1.62 bits per heavy atom. The number of rotatable bonds is 10. The highest BCUT2D eigenvalue weighted by molar-refractivity contribution is 7.91. The highest BCUT2D eigenvalue weighted by Gasteiger charge is 2.23. The minimum atomic E-state index is -3.40. The van der Waals surface area contributed by atoms with Crippen molar-refractivity contribution in [3.63, 3.8) is 0 Å². The maximum Gasteiger partial charge on any atom is 0.387 e. The Morgan fingerprint density at radius 3 is 2.26 bits per heavy atom. The average Bonchev–Trinajstić information content (AvgIpc) is 2.91. The molecule has 10 heteroatoms. The summed E-state index contributed by atoms with van der Waals surface area (Å²) in [6.07, 6.45) is -0.166. The normalized spacial score (nSPS) is 11.3. The fourth-order valence-electron chi connectivity index (χ4n) is 3.82. The van der Waals surface area contributed by atoms with E-state index < -0.39 is 33.9 Å². The highest BCUT2D eigenvalue weighted by atomic mass is 32.2. The third-order valence-corrected chi connectivity index (χ3v) is 7.47. The molecule has 0 saturated heterocycles. The molecule has 1 N–H and O–H groups in total. The summed E-state index contributed by atoms with van der Waals surface area (Å²) >= 11 is 0. The maximum absolute atomic E-state index is 13.9. The zero-order valence-corrected chi connectivity index (χ0v) is 21.6. The summed E-state index contributed by atoms with van der Waals surface area (Å²) in [4.78, 5) is 13.0. The molecule has 0 aliphatic carbocycles. The van der Waals surface area contributed by atoms with E-state index in [4.69, 9.17) is 9.47 Å². The number of benzene rings is 4. The second kappa shape index (κ2) is 12.0. The van der Waals surface area contributed by atoms with E-state index in [0.29, 0.717) is 16.7 Å². The molecule has 202 valence electrons. The molecule has 39 heavy (non-hydrogen) atoms. The Balaban J connectivity index is 1.70. The molecule has 4 aromatic rings. The summed E-state index contributed by atoms with van der Waals surface area (Å²) in [5.74, 6) is -1.75. The molecule has 0 aliphatic heterocycles. The van der Waals surface area contributed by atoms with Crippen molar-refractivity contribution in [2.75, 3.05) is 11.1 Å². The third-order valence-electron chi connectivity index (χ3n) is 5.72. The molecule has 0 radical (unpaired) electrons. The van der Waals surface area contributed by atoms with E-state index in [-0.39, 0.29) is 34.3 Å². The van der Waals surface area contributed by atoms with Gasteiger partial charge in [-0.25, -0.2) is 12.8 Å². The van der Waals surface area contributed by atoms with Crippen molar-refractivity contribution < 1.29 is 35.9 Å². The number of nitrogens with one attached hydrogen (secondary N) is 1. The minimum absolute atomic E-state index is 0.0388. The highest BCUT2D eigenvalue weighted by Crippen LogP contribution is 2.46. The van der Waals surface area contributed by atoms with Crippen LogP contribution in [0.5, 0.6) is 17.2 Å². The van der Waals surface area contributed by atoms with Gasteiger partial charge in [-0.2, -0.15) is 8.78 Å². The summed E-state index contributed by atoms with van der Waals surface area (Å²) < 4.78 is 75.7. The van der Waals surface area contributed by atoms with Gasteiger partial charge in [0.1, 0.15) is 11.6 Å². The Bertz CT molecular complexity index is 1560. The first-order valence-electron chi connectivity index (χ1n) is 11.9. The number of hydrogen-bond donors (Lipinski definition) is 1. The van der Waals surface area contributed by atoms with Crippen LogP contribution >= 0.6 is 0 Å². The molecule has 0 unspecified atom stereocenters. The lowest BCUT2D eigenvalue weighted by Gasteiger charge is -2.20. The second-order valence-corrected chi connectivity index (χ2v) is 10.7. The zero-order valence-electron chi connectivity index (χ0n) is 20.7. The van der Waals surface area contributed by atoms with Crippen LogP contribution in [0.1, 0.15) is 12.5 Å². The molecule has 0 aromatic heterocycles. The van der Waals surface area contributed by atoms with Crippen molar-refractivity contribution in [2.45, 2.75) is 24.9 Å². The molecular formula is C29H24F3NO5S. The lowest BCUT2D eigenvalue weighted by molar-refractivity contribution is -0.115. The number of amides is 1. The van der Waals surface area contributed by atoms with Gasteiger partial charge in [0.2, 0.25) is 5.91 Å². The topological polar surface area (TPSA) is 81.7 Å². The quantitative estimate of drug-likeness (QED) is 0.231. The van der Waals surface area contributed by atoms with Gasteiger partial charge in [-0.3, -0.25) is 4.79 Å². The molecule has 0 bridgehead atoms. The molecule has 4 rings (SSSR count). The first-order valence-corrected chi connectivity index (χ1v) is 13.5. The molecule has 0 spiro atoms. The van der Waals surface area contributed by atoms with Crippen molar-refractivity contribution in [2.24, 2.45) is 0 Å². The summed E-state index contributed by atoms with van der Waals surface area (Å²) in [6.45, 7) is -1.72. The summed E-state index contributed by atoms with van der Waals surface area (Å²) in [5, 5.41) is 2.57. The lowest BCUT2D eigenvalue weighted by Crippen LogP contribution is -2.16. The lowest BCUT2D eigenvalue weighted by atomic mass is 10.0.